The first-order valence-electron chi connectivity index (χ1n) is 10.2. The number of fused-ring (bicyclic) bond motifs is 1. The third kappa shape index (κ3) is 4.25. The monoisotopic (exact) mass is 518 g/mol. The summed E-state index contributed by atoms with van der Waals surface area (Å²) in [5.74, 6) is -1.85. The number of carboxylic acids is 1. The van der Waals surface area contributed by atoms with Gasteiger partial charge in [0.15, 0.2) is 0 Å². The maximum Gasteiger partial charge on any atom is 0.316 e. The van der Waals surface area contributed by atoms with Gasteiger partial charge < -0.3 is 10.0 Å². The van der Waals surface area contributed by atoms with Crippen LogP contribution in [0.4, 0.5) is 16.4 Å². The lowest BCUT2D eigenvalue weighted by atomic mass is 9.86. The van der Waals surface area contributed by atoms with Crippen molar-refractivity contribution in [1.29, 1.82) is 0 Å². The first-order chi connectivity index (χ1) is 16.6. The van der Waals surface area contributed by atoms with E-state index in [-0.39, 0.29) is 29.7 Å². The number of thioether (sulfide) groups is 1. The van der Waals surface area contributed by atoms with Crippen LogP contribution in [0.5, 0.6) is 0 Å². The van der Waals surface area contributed by atoms with Gasteiger partial charge in [-0.1, -0.05) is 12.2 Å². The van der Waals surface area contributed by atoms with Crippen molar-refractivity contribution in [3.8, 4) is 0 Å². The smallest absolute Gasteiger partial charge is 0.316 e. The van der Waals surface area contributed by atoms with Gasteiger partial charge in [-0.25, -0.2) is 0 Å². The number of nitro groups is 2. The van der Waals surface area contributed by atoms with Gasteiger partial charge in [0.1, 0.15) is 16.8 Å². The highest BCUT2D eigenvalue weighted by atomic mass is 32.2. The number of benzene rings is 1. The summed E-state index contributed by atoms with van der Waals surface area (Å²) < 4.78 is 0. The second-order valence-electron chi connectivity index (χ2n) is 8.00. The summed E-state index contributed by atoms with van der Waals surface area (Å²) >= 11 is 2.53. The number of nitro benzene ring substituents is 2. The fraction of sp³-hybridized carbons (Fsp3) is 0.286. The minimum Gasteiger partial charge on any atom is -0.481 e. The average Bonchev–Trinajstić information content (AvgIpc) is 3.34. The van der Waals surface area contributed by atoms with E-state index in [1.165, 1.54) is 58.0 Å². The molecule has 1 aromatic carbocycles. The van der Waals surface area contributed by atoms with Crippen LogP contribution in [0, 0.1) is 25.6 Å². The largest absolute Gasteiger partial charge is 0.481 e. The summed E-state index contributed by atoms with van der Waals surface area (Å²) in [5, 5.41) is 34.3. The molecule has 1 N–H and O–H groups in total. The summed E-state index contributed by atoms with van der Waals surface area (Å²) in [6.07, 6.45) is 2.53. The number of amides is 2. The normalized spacial score (nSPS) is 23.5. The van der Waals surface area contributed by atoms with Crippen molar-refractivity contribution in [3.05, 3.63) is 67.6 Å². The maximum absolute atomic E-state index is 13.0. The van der Waals surface area contributed by atoms with Crippen molar-refractivity contribution in [2.75, 3.05) is 17.2 Å². The number of thiophene rings is 1. The Kier molecular flexibility index (Phi) is 6.34. The second-order valence-corrected chi connectivity index (χ2v) is 10.0. The van der Waals surface area contributed by atoms with Crippen molar-refractivity contribution in [2.24, 2.45) is 5.41 Å². The van der Waals surface area contributed by atoms with E-state index in [1.54, 1.807) is 17.5 Å². The molecule has 1 aromatic heterocycles. The molecule has 35 heavy (non-hydrogen) atoms. The molecule has 14 heteroatoms. The molecule has 2 amide bonds. The molecule has 4 rings (SSSR count). The quantitative estimate of drug-likeness (QED) is 0.329. The van der Waals surface area contributed by atoms with E-state index >= 15 is 0 Å². The zero-order valence-corrected chi connectivity index (χ0v) is 19.7. The SMILES string of the molecule is CC(=O)N(c1cccs1)[C@@H]1C(=O)N2CC(C=Cc3ccc([N+](=O)[O-])cc3[N+](=O)[O-])(C(=O)O)CS[C@H]12. The topological polar surface area (TPSA) is 164 Å². The summed E-state index contributed by atoms with van der Waals surface area (Å²) in [4.78, 5) is 61.2. The van der Waals surface area contributed by atoms with E-state index in [9.17, 15) is 39.7 Å². The van der Waals surface area contributed by atoms with Crippen LogP contribution in [0.25, 0.3) is 6.08 Å². The molecule has 2 fully saturated rings. The van der Waals surface area contributed by atoms with Crippen molar-refractivity contribution < 1.29 is 29.3 Å². The fourth-order valence-corrected chi connectivity index (χ4v) is 6.43. The molecular formula is C21H18N4O8S2. The molecule has 2 aromatic rings. The number of aliphatic carboxylic acids is 1. The second kappa shape index (κ2) is 9.11. The Labute approximate surface area is 206 Å². The lowest BCUT2D eigenvalue weighted by Gasteiger charge is -2.55. The minimum absolute atomic E-state index is 0.00149. The molecule has 1 unspecified atom stereocenters. The van der Waals surface area contributed by atoms with E-state index in [0.29, 0.717) is 5.00 Å². The van der Waals surface area contributed by atoms with Crippen LogP contribution in [-0.4, -0.2) is 61.4 Å². The number of hydrogen-bond acceptors (Lipinski definition) is 9. The van der Waals surface area contributed by atoms with Crippen molar-refractivity contribution in [3.63, 3.8) is 0 Å². The molecule has 2 saturated heterocycles. The molecule has 0 spiro atoms. The molecular weight excluding hydrogens is 500 g/mol. The molecule has 3 heterocycles. The number of carbonyl (C=O) groups is 3. The standard InChI is InChI=1S/C21H18N4O8S2/c1-12(26)23(16-3-2-8-34-16)17-18(27)22-10-21(20(28)29,11-35-19(17)22)7-6-13-4-5-14(24(30)31)9-15(13)25(32)33/h2-9,17,19H,10-11H2,1H3,(H,28,29)/t17-,19-,21?/m1/s1. The van der Waals surface area contributed by atoms with Gasteiger partial charge in [-0.2, -0.15) is 0 Å². The number of anilines is 1. The maximum atomic E-state index is 13.0. The van der Waals surface area contributed by atoms with Gasteiger partial charge in [0.25, 0.3) is 11.4 Å². The van der Waals surface area contributed by atoms with Gasteiger partial charge >= 0.3 is 5.97 Å². The van der Waals surface area contributed by atoms with Gasteiger partial charge in [0.2, 0.25) is 11.8 Å². The number of carbonyl (C=O) groups excluding carboxylic acids is 2. The van der Waals surface area contributed by atoms with Gasteiger partial charge in [-0.15, -0.1) is 23.1 Å². The van der Waals surface area contributed by atoms with Gasteiger partial charge in [0, 0.05) is 25.3 Å². The Balaban J connectivity index is 1.60. The number of hydrogen-bond donors (Lipinski definition) is 1. The molecule has 0 bridgehead atoms. The fourth-order valence-electron chi connectivity index (χ4n) is 4.07. The first kappa shape index (κ1) is 24.3. The van der Waals surface area contributed by atoms with E-state index < -0.39 is 44.0 Å². The Hall–Kier alpha value is -3.78. The van der Waals surface area contributed by atoms with Crippen LogP contribution in [0.2, 0.25) is 0 Å². The predicted molar refractivity (Wildman–Crippen MR) is 128 cm³/mol. The summed E-state index contributed by atoms with van der Waals surface area (Å²) in [5.41, 5.74) is -2.54. The van der Waals surface area contributed by atoms with Crippen LogP contribution >= 0.6 is 23.1 Å². The summed E-state index contributed by atoms with van der Waals surface area (Å²) in [6.45, 7) is 1.19. The van der Waals surface area contributed by atoms with Crippen LogP contribution in [-0.2, 0) is 14.4 Å². The Morgan fingerprint density at radius 3 is 2.57 bits per heavy atom. The molecule has 182 valence electrons. The zero-order valence-electron chi connectivity index (χ0n) is 18.1. The zero-order chi connectivity index (χ0) is 25.5. The summed E-state index contributed by atoms with van der Waals surface area (Å²) in [6, 6.07) is 5.83. The first-order valence-corrected chi connectivity index (χ1v) is 12.1. The number of nitrogens with zero attached hydrogens (tertiary/aromatic N) is 4. The van der Waals surface area contributed by atoms with Crippen LogP contribution < -0.4 is 4.90 Å². The van der Waals surface area contributed by atoms with Crippen LogP contribution in [0.3, 0.4) is 0 Å². The van der Waals surface area contributed by atoms with Gasteiger partial charge in [-0.3, -0.25) is 39.5 Å². The van der Waals surface area contributed by atoms with Crippen LogP contribution in [0.15, 0.2) is 41.8 Å². The molecule has 3 atom stereocenters. The van der Waals surface area contributed by atoms with Crippen LogP contribution in [0.1, 0.15) is 12.5 Å². The summed E-state index contributed by atoms with van der Waals surface area (Å²) in [7, 11) is 0. The number of rotatable bonds is 7. The molecule has 12 nitrogen and oxygen atoms in total. The van der Waals surface area contributed by atoms with E-state index in [0.717, 1.165) is 12.1 Å². The third-order valence-corrected chi connectivity index (χ3v) is 8.27. The molecule has 2 aliphatic heterocycles. The van der Waals surface area contributed by atoms with Crippen molar-refractivity contribution >= 4 is 63.3 Å². The number of β-lactam (4-membered cyclic amide) rings is 1. The lowest BCUT2D eigenvalue weighted by Crippen LogP contribution is -2.74. The van der Waals surface area contributed by atoms with Gasteiger partial charge in [-0.05, 0) is 23.6 Å². The van der Waals surface area contributed by atoms with E-state index in [4.69, 9.17) is 0 Å². The van der Waals surface area contributed by atoms with Crippen molar-refractivity contribution in [2.45, 2.75) is 18.3 Å². The lowest BCUT2D eigenvalue weighted by molar-refractivity contribution is -0.394. The molecule has 0 aliphatic carbocycles. The highest BCUT2D eigenvalue weighted by molar-refractivity contribution is 8.00. The minimum atomic E-state index is -1.54. The number of carboxylic acid groups (broad SMARTS) is 1. The highest BCUT2D eigenvalue weighted by Gasteiger charge is 2.59. The Bertz CT molecular complexity index is 1260. The Morgan fingerprint density at radius 1 is 1.26 bits per heavy atom. The third-order valence-electron chi connectivity index (χ3n) is 5.87. The molecule has 2 aliphatic rings. The number of non-ortho nitro benzene ring substituents is 1. The Morgan fingerprint density at radius 2 is 2.00 bits per heavy atom. The average molecular weight is 519 g/mol. The van der Waals surface area contributed by atoms with Gasteiger partial charge in [0.05, 0.1) is 26.5 Å². The molecule has 0 saturated carbocycles. The van der Waals surface area contributed by atoms with E-state index in [2.05, 4.69) is 0 Å². The highest BCUT2D eigenvalue weighted by Crippen LogP contribution is 2.46. The predicted octanol–water partition coefficient (Wildman–Crippen LogP) is 2.99. The van der Waals surface area contributed by atoms with Crippen molar-refractivity contribution in [1.82, 2.24) is 4.90 Å². The molecule has 0 radical (unpaired) electrons. The van der Waals surface area contributed by atoms with E-state index in [1.807, 2.05) is 0 Å².